The van der Waals surface area contributed by atoms with Crippen LogP contribution in [0.5, 0.6) is 0 Å². The molecule has 1 aromatic heterocycles. The predicted octanol–water partition coefficient (Wildman–Crippen LogP) is 3.96. The van der Waals surface area contributed by atoms with Crippen molar-refractivity contribution >= 4 is 22.9 Å². The lowest BCUT2D eigenvalue weighted by atomic mass is 10.1. The molecule has 0 bridgehead atoms. The first-order valence-corrected chi connectivity index (χ1v) is 7.86. The minimum absolute atomic E-state index is 0.236. The van der Waals surface area contributed by atoms with Gasteiger partial charge in [0.25, 0.3) is 0 Å². The molecule has 112 valence electrons. The van der Waals surface area contributed by atoms with Crippen molar-refractivity contribution < 1.29 is 0 Å². The fourth-order valence-electron chi connectivity index (χ4n) is 3.78. The maximum absolute atomic E-state index is 4.58. The molecule has 3 heterocycles. The zero-order chi connectivity index (χ0) is 15.4. The molecule has 0 fully saturated rings. The second-order valence-electron chi connectivity index (χ2n) is 6.07. The normalized spacial score (nSPS) is 17.9. The number of hydrogen-bond acceptors (Lipinski definition) is 4. The summed E-state index contributed by atoms with van der Waals surface area (Å²) in [4.78, 5) is 13.6. The molecule has 23 heavy (non-hydrogen) atoms. The van der Waals surface area contributed by atoms with E-state index in [9.17, 15) is 0 Å². The largest absolute Gasteiger partial charge is 0.315 e. The lowest BCUT2D eigenvalue weighted by Gasteiger charge is -2.28. The van der Waals surface area contributed by atoms with Crippen LogP contribution in [0.3, 0.4) is 0 Å². The van der Waals surface area contributed by atoms with Gasteiger partial charge in [0.1, 0.15) is 18.2 Å². The first-order chi connectivity index (χ1) is 11.3. The smallest absolute Gasteiger partial charge is 0.162 e. The van der Waals surface area contributed by atoms with E-state index < -0.39 is 0 Å². The average molecular weight is 300 g/mol. The van der Waals surface area contributed by atoms with E-state index in [0.717, 1.165) is 17.9 Å². The Morgan fingerprint density at radius 1 is 0.913 bits per heavy atom. The quantitative estimate of drug-likeness (QED) is 0.681. The summed E-state index contributed by atoms with van der Waals surface area (Å²) in [5.41, 5.74) is 6.21. The SMILES string of the molecule is Cc1ccccc1N1c2cncnc2N2c3ccccc3CC12. The molecule has 0 aliphatic carbocycles. The van der Waals surface area contributed by atoms with Gasteiger partial charge in [-0.15, -0.1) is 0 Å². The molecular formula is C19H16N4. The number of hydrogen-bond donors (Lipinski definition) is 0. The van der Waals surface area contributed by atoms with Crippen molar-refractivity contribution in [2.45, 2.75) is 19.5 Å². The average Bonchev–Trinajstić information content (AvgIpc) is 3.10. The third-order valence-electron chi connectivity index (χ3n) is 4.79. The first kappa shape index (κ1) is 12.6. The van der Waals surface area contributed by atoms with Gasteiger partial charge in [0.15, 0.2) is 5.82 Å². The van der Waals surface area contributed by atoms with Gasteiger partial charge in [-0.05, 0) is 30.2 Å². The van der Waals surface area contributed by atoms with Crippen LogP contribution >= 0.6 is 0 Å². The molecule has 2 aliphatic rings. The number of anilines is 4. The summed E-state index contributed by atoms with van der Waals surface area (Å²) < 4.78 is 0. The highest BCUT2D eigenvalue weighted by Crippen LogP contribution is 2.51. The van der Waals surface area contributed by atoms with Crippen LogP contribution in [0.1, 0.15) is 11.1 Å². The van der Waals surface area contributed by atoms with E-state index in [2.05, 4.69) is 75.2 Å². The molecule has 0 saturated carbocycles. The fourth-order valence-corrected chi connectivity index (χ4v) is 3.78. The number of fused-ring (bicyclic) bond motifs is 5. The lowest BCUT2D eigenvalue weighted by molar-refractivity contribution is 0.725. The number of aryl methyl sites for hydroxylation is 1. The van der Waals surface area contributed by atoms with E-state index in [4.69, 9.17) is 0 Å². The van der Waals surface area contributed by atoms with E-state index in [1.165, 1.54) is 22.5 Å². The lowest BCUT2D eigenvalue weighted by Crippen LogP contribution is -2.36. The number of nitrogens with zero attached hydrogens (tertiary/aromatic N) is 4. The zero-order valence-corrected chi connectivity index (χ0v) is 12.8. The molecule has 0 N–H and O–H groups in total. The Kier molecular flexibility index (Phi) is 2.50. The van der Waals surface area contributed by atoms with E-state index in [0.29, 0.717) is 0 Å². The van der Waals surface area contributed by atoms with E-state index >= 15 is 0 Å². The summed E-state index contributed by atoms with van der Waals surface area (Å²) in [6.45, 7) is 2.16. The molecule has 3 aromatic rings. The Labute approximate surface area is 135 Å². The van der Waals surface area contributed by atoms with Gasteiger partial charge < -0.3 is 9.80 Å². The van der Waals surface area contributed by atoms with E-state index in [1.54, 1.807) is 6.33 Å². The van der Waals surface area contributed by atoms with Crippen LogP contribution in [0, 0.1) is 6.92 Å². The Morgan fingerprint density at radius 3 is 2.57 bits per heavy atom. The molecule has 0 radical (unpaired) electrons. The van der Waals surface area contributed by atoms with Crippen molar-refractivity contribution in [2.24, 2.45) is 0 Å². The Hall–Kier alpha value is -2.88. The molecular weight excluding hydrogens is 284 g/mol. The third-order valence-corrected chi connectivity index (χ3v) is 4.79. The second-order valence-corrected chi connectivity index (χ2v) is 6.07. The summed E-state index contributed by atoms with van der Waals surface area (Å²) in [6, 6.07) is 17.1. The molecule has 4 heteroatoms. The van der Waals surface area contributed by atoms with Crippen LogP contribution in [0.25, 0.3) is 0 Å². The highest BCUT2D eigenvalue weighted by molar-refractivity contribution is 5.88. The summed E-state index contributed by atoms with van der Waals surface area (Å²) >= 11 is 0. The minimum atomic E-state index is 0.236. The zero-order valence-electron chi connectivity index (χ0n) is 12.8. The van der Waals surface area contributed by atoms with Crippen molar-refractivity contribution in [1.82, 2.24) is 9.97 Å². The molecule has 4 nitrogen and oxygen atoms in total. The maximum atomic E-state index is 4.58. The second kappa shape index (κ2) is 4.56. The van der Waals surface area contributed by atoms with E-state index in [-0.39, 0.29) is 6.17 Å². The molecule has 0 spiro atoms. The van der Waals surface area contributed by atoms with Crippen LogP contribution in [0.2, 0.25) is 0 Å². The topological polar surface area (TPSA) is 32.3 Å². The van der Waals surface area contributed by atoms with Crippen LogP contribution < -0.4 is 9.80 Å². The summed E-state index contributed by atoms with van der Waals surface area (Å²) in [5.74, 6) is 0.998. The van der Waals surface area contributed by atoms with Gasteiger partial charge in [-0.3, -0.25) is 0 Å². The minimum Gasteiger partial charge on any atom is -0.315 e. The van der Waals surface area contributed by atoms with Gasteiger partial charge >= 0.3 is 0 Å². The van der Waals surface area contributed by atoms with Crippen molar-refractivity contribution in [1.29, 1.82) is 0 Å². The van der Waals surface area contributed by atoms with E-state index in [1.807, 2.05) is 6.20 Å². The first-order valence-electron chi connectivity index (χ1n) is 7.86. The number of benzene rings is 2. The van der Waals surface area contributed by atoms with Crippen molar-refractivity contribution in [3.8, 4) is 0 Å². The standard InChI is InChI=1S/C19H16N4/c1-13-6-2-4-8-15(13)22-17-11-20-12-21-19(17)23-16-9-5-3-7-14(16)10-18(22)23/h2-9,11-12,18H,10H2,1H3. The van der Waals surface area contributed by atoms with Crippen LogP contribution in [-0.2, 0) is 6.42 Å². The van der Waals surface area contributed by atoms with Crippen molar-refractivity contribution in [2.75, 3.05) is 9.80 Å². The van der Waals surface area contributed by atoms with Crippen LogP contribution in [-0.4, -0.2) is 16.1 Å². The number of rotatable bonds is 1. The van der Waals surface area contributed by atoms with Crippen molar-refractivity contribution in [3.05, 3.63) is 72.2 Å². The molecule has 2 aliphatic heterocycles. The summed E-state index contributed by atoms with van der Waals surface area (Å²) in [6.07, 6.45) is 4.79. The van der Waals surface area contributed by atoms with Crippen molar-refractivity contribution in [3.63, 3.8) is 0 Å². The van der Waals surface area contributed by atoms with Gasteiger partial charge in [-0.2, -0.15) is 0 Å². The van der Waals surface area contributed by atoms with Gasteiger partial charge in [0.2, 0.25) is 0 Å². The van der Waals surface area contributed by atoms with Gasteiger partial charge in [0, 0.05) is 17.8 Å². The summed E-state index contributed by atoms with van der Waals surface area (Å²) in [5, 5.41) is 0. The Balaban J connectivity index is 1.74. The third kappa shape index (κ3) is 1.66. The Morgan fingerprint density at radius 2 is 1.70 bits per heavy atom. The molecule has 0 amide bonds. The number of aromatic nitrogens is 2. The molecule has 1 atom stereocenters. The predicted molar refractivity (Wildman–Crippen MR) is 91.4 cm³/mol. The monoisotopic (exact) mass is 300 g/mol. The maximum Gasteiger partial charge on any atom is 0.162 e. The molecule has 5 rings (SSSR count). The van der Waals surface area contributed by atoms with Gasteiger partial charge in [-0.25, -0.2) is 9.97 Å². The summed E-state index contributed by atoms with van der Waals surface area (Å²) in [7, 11) is 0. The fraction of sp³-hybridized carbons (Fsp3) is 0.158. The highest BCUT2D eigenvalue weighted by Gasteiger charge is 2.44. The number of para-hydroxylation sites is 2. The van der Waals surface area contributed by atoms with Gasteiger partial charge in [0.05, 0.1) is 6.20 Å². The highest BCUT2D eigenvalue weighted by atomic mass is 15.5. The molecule has 2 aromatic carbocycles. The van der Waals surface area contributed by atoms with Crippen LogP contribution in [0.4, 0.5) is 22.9 Å². The Bertz CT molecular complexity index is 905. The van der Waals surface area contributed by atoms with Crippen LogP contribution in [0.15, 0.2) is 61.1 Å². The van der Waals surface area contributed by atoms with Gasteiger partial charge in [-0.1, -0.05) is 36.4 Å². The molecule has 1 unspecified atom stereocenters. The molecule has 0 saturated heterocycles.